The summed E-state index contributed by atoms with van der Waals surface area (Å²) in [7, 11) is 0. The van der Waals surface area contributed by atoms with Crippen molar-refractivity contribution >= 4 is 29.2 Å². The fourth-order valence-corrected chi connectivity index (χ4v) is 3.17. The van der Waals surface area contributed by atoms with Crippen LogP contribution >= 0.6 is 23.2 Å². The van der Waals surface area contributed by atoms with E-state index in [2.05, 4.69) is 0 Å². The van der Waals surface area contributed by atoms with Gasteiger partial charge in [-0.1, -0.05) is 29.3 Å². The van der Waals surface area contributed by atoms with E-state index >= 15 is 0 Å². The Labute approximate surface area is 170 Å². The third kappa shape index (κ3) is 3.73. The van der Waals surface area contributed by atoms with Gasteiger partial charge in [0.15, 0.2) is 5.76 Å². The molecule has 1 aromatic carbocycles. The molecule has 1 aliphatic rings. The summed E-state index contributed by atoms with van der Waals surface area (Å²) in [5.41, 5.74) is 5.87. The first-order valence-electron chi connectivity index (χ1n) is 8.34. The Balaban J connectivity index is 2.27. The molecule has 3 N–H and O–H groups in total. The molecule has 0 saturated carbocycles. The lowest BCUT2D eigenvalue weighted by atomic mass is 9.86. The van der Waals surface area contributed by atoms with E-state index in [1.807, 2.05) is 0 Å². The molecule has 2 aromatic rings. The average Bonchev–Trinajstić information content (AvgIpc) is 2.62. The van der Waals surface area contributed by atoms with E-state index in [1.165, 1.54) is 6.07 Å². The Morgan fingerprint density at radius 1 is 1.29 bits per heavy atom. The normalized spacial score (nSPS) is 16.0. The summed E-state index contributed by atoms with van der Waals surface area (Å²) < 4.78 is 16.3. The molecule has 0 saturated heterocycles. The van der Waals surface area contributed by atoms with Gasteiger partial charge in [-0.2, -0.15) is 0 Å². The Morgan fingerprint density at radius 2 is 2.00 bits per heavy atom. The van der Waals surface area contributed by atoms with Crippen LogP contribution < -0.4 is 15.9 Å². The van der Waals surface area contributed by atoms with Gasteiger partial charge < -0.3 is 24.7 Å². The first kappa shape index (κ1) is 20.3. The molecule has 0 spiro atoms. The quantitative estimate of drug-likeness (QED) is 0.723. The van der Waals surface area contributed by atoms with Crippen LogP contribution in [-0.2, 0) is 16.1 Å². The molecule has 0 bridgehead atoms. The number of carbonyl (C=O) groups excluding carboxylic acids is 1. The maximum Gasteiger partial charge on any atom is 0.340 e. The van der Waals surface area contributed by atoms with E-state index in [9.17, 15) is 14.7 Å². The van der Waals surface area contributed by atoms with Crippen molar-refractivity contribution in [2.75, 3.05) is 0 Å². The van der Waals surface area contributed by atoms with Crippen LogP contribution in [0.4, 0.5) is 0 Å². The number of hydrogen-bond acceptors (Lipinski definition) is 7. The van der Waals surface area contributed by atoms with Crippen LogP contribution in [0.15, 0.2) is 44.9 Å². The summed E-state index contributed by atoms with van der Waals surface area (Å²) in [6, 6.07) is 5.79. The van der Waals surface area contributed by atoms with E-state index in [4.69, 9.17) is 42.8 Å². The van der Waals surface area contributed by atoms with Gasteiger partial charge in [-0.3, -0.25) is 4.79 Å². The van der Waals surface area contributed by atoms with Gasteiger partial charge in [0.1, 0.15) is 17.9 Å². The number of fused-ring (bicyclic) bond motifs is 1. The molecule has 2 heterocycles. The zero-order valence-corrected chi connectivity index (χ0v) is 16.5. The molecule has 1 atom stereocenters. The van der Waals surface area contributed by atoms with Crippen molar-refractivity contribution in [1.29, 1.82) is 0 Å². The number of hydrogen-bond donors (Lipinski definition) is 2. The molecular weight excluding hydrogens is 409 g/mol. The maximum absolute atomic E-state index is 12.7. The van der Waals surface area contributed by atoms with Crippen molar-refractivity contribution in [3.63, 3.8) is 0 Å². The molecule has 0 radical (unpaired) electrons. The molecule has 0 amide bonds. The van der Waals surface area contributed by atoms with Crippen LogP contribution in [0.2, 0.25) is 10.0 Å². The highest BCUT2D eigenvalue weighted by Gasteiger charge is 2.39. The van der Waals surface area contributed by atoms with Crippen molar-refractivity contribution in [3.8, 4) is 5.75 Å². The summed E-state index contributed by atoms with van der Waals surface area (Å²) >= 11 is 12.1. The second kappa shape index (κ2) is 7.87. The molecule has 0 aliphatic carbocycles. The number of ether oxygens (including phenoxy) is 2. The summed E-state index contributed by atoms with van der Waals surface area (Å²) in [4.78, 5) is 25.1. The number of rotatable bonds is 4. The second-order valence-electron chi connectivity index (χ2n) is 6.37. The first-order chi connectivity index (χ1) is 13.2. The Hall–Kier alpha value is -2.48. The average molecular weight is 426 g/mol. The van der Waals surface area contributed by atoms with Gasteiger partial charge in [0.2, 0.25) is 17.1 Å². The van der Waals surface area contributed by atoms with Crippen molar-refractivity contribution < 1.29 is 23.8 Å². The van der Waals surface area contributed by atoms with Gasteiger partial charge in [0.25, 0.3) is 0 Å². The van der Waals surface area contributed by atoms with Gasteiger partial charge in [-0.25, -0.2) is 4.79 Å². The zero-order chi connectivity index (χ0) is 20.6. The number of halogens is 2. The van der Waals surface area contributed by atoms with Crippen LogP contribution in [0.3, 0.4) is 0 Å². The van der Waals surface area contributed by atoms with Gasteiger partial charge in [-0.15, -0.1) is 0 Å². The number of carbonyl (C=O) groups is 1. The van der Waals surface area contributed by atoms with Gasteiger partial charge >= 0.3 is 5.97 Å². The van der Waals surface area contributed by atoms with Crippen LogP contribution in [0.5, 0.6) is 5.75 Å². The summed E-state index contributed by atoms with van der Waals surface area (Å²) in [6.45, 7) is 2.86. The number of benzene rings is 1. The fourth-order valence-electron chi connectivity index (χ4n) is 2.86. The highest BCUT2D eigenvalue weighted by molar-refractivity contribution is 6.42. The predicted molar refractivity (Wildman–Crippen MR) is 102 cm³/mol. The van der Waals surface area contributed by atoms with E-state index in [-0.39, 0.29) is 33.7 Å². The molecule has 7 nitrogen and oxygen atoms in total. The van der Waals surface area contributed by atoms with Crippen LogP contribution in [-0.4, -0.2) is 17.2 Å². The maximum atomic E-state index is 12.7. The molecular formula is C19H17Cl2NO6. The van der Waals surface area contributed by atoms with E-state index in [0.717, 1.165) is 6.07 Å². The molecule has 3 rings (SSSR count). The lowest BCUT2D eigenvalue weighted by Crippen LogP contribution is -2.31. The van der Waals surface area contributed by atoms with E-state index in [0.29, 0.717) is 10.6 Å². The van der Waals surface area contributed by atoms with E-state index in [1.54, 1.807) is 26.0 Å². The standard InChI is InChI=1S/C19H17Cl2NO6/c1-8(2)26-19(25)15-14(9-3-4-11(20)12(21)5-9)17-16(28-18(15)22)13(24)6-10(7-23)27-17/h3-6,8,14,23H,7,22H2,1-2H3. The summed E-state index contributed by atoms with van der Waals surface area (Å²) in [5.74, 6) is -2.10. The van der Waals surface area contributed by atoms with Crippen LogP contribution in [0.25, 0.3) is 0 Å². The van der Waals surface area contributed by atoms with Crippen LogP contribution in [0, 0.1) is 0 Å². The SMILES string of the molecule is CC(C)OC(=O)C1=C(N)Oc2c(oc(CO)cc2=O)C1c1ccc(Cl)c(Cl)c1. The minimum Gasteiger partial charge on any atom is -0.459 e. The molecule has 1 aliphatic heterocycles. The molecule has 9 heteroatoms. The minimum atomic E-state index is -0.941. The highest BCUT2D eigenvalue weighted by Crippen LogP contribution is 2.43. The van der Waals surface area contributed by atoms with Gasteiger partial charge in [0.05, 0.1) is 22.1 Å². The monoisotopic (exact) mass is 425 g/mol. The Bertz CT molecular complexity index is 1030. The van der Waals surface area contributed by atoms with E-state index < -0.39 is 30.0 Å². The van der Waals surface area contributed by atoms with Gasteiger partial charge in [-0.05, 0) is 31.5 Å². The molecule has 1 unspecified atom stereocenters. The molecule has 148 valence electrons. The predicted octanol–water partition coefficient (Wildman–Crippen LogP) is 3.09. The first-order valence-corrected chi connectivity index (χ1v) is 9.09. The van der Waals surface area contributed by atoms with Crippen LogP contribution in [0.1, 0.15) is 36.8 Å². The lowest BCUT2D eigenvalue weighted by Gasteiger charge is -2.27. The largest absolute Gasteiger partial charge is 0.459 e. The smallest absolute Gasteiger partial charge is 0.340 e. The lowest BCUT2D eigenvalue weighted by molar-refractivity contribution is -0.143. The third-order valence-electron chi connectivity index (χ3n) is 4.00. The fraction of sp³-hybridized carbons (Fsp3) is 0.263. The number of aliphatic hydroxyl groups excluding tert-OH is 1. The summed E-state index contributed by atoms with van der Waals surface area (Å²) in [5, 5.41) is 9.96. The molecule has 0 fully saturated rings. The van der Waals surface area contributed by atoms with Crippen molar-refractivity contribution in [2.45, 2.75) is 32.5 Å². The number of aliphatic hydroxyl groups is 1. The third-order valence-corrected chi connectivity index (χ3v) is 4.74. The minimum absolute atomic E-state index is 0.00876. The molecule has 1 aromatic heterocycles. The zero-order valence-electron chi connectivity index (χ0n) is 15.0. The Kier molecular flexibility index (Phi) is 5.69. The van der Waals surface area contributed by atoms with Crippen molar-refractivity contribution in [2.24, 2.45) is 5.73 Å². The number of esters is 1. The highest BCUT2D eigenvalue weighted by atomic mass is 35.5. The summed E-state index contributed by atoms with van der Waals surface area (Å²) in [6.07, 6.45) is -0.417. The van der Waals surface area contributed by atoms with Crippen molar-refractivity contribution in [3.05, 3.63) is 73.1 Å². The topological polar surface area (TPSA) is 112 Å². The van der Waals surface area contributed by atoms with Gasteiger partial charge in [0, 0.05) is 6.07 Å². The van der Waals surface area contributed by atoms with Crippen molar-refractivity contribution in [1.82, 2.24) is 0 Å². The second-order valence-corrected chi connectivity index (χ2v) is 7.18. The Morgan fingerprint density at radius 3 is 2.61 bits per heavy atom. The molecule has 28 heavy (non-hydrogen) atoms. The number of nitrogens with two attached hydrogens (primary N) is 1.